The van der Waals surface area contributed by atoms with Gasteiger partial charge in [0.15, 0.2) is 11.7 Å². The fourth-order valence-electron chi connectivity index (χ4n) is 3.88. The number of benzene rings is 3. The average Bonchev–Trinajstić information content (AvgIpc) is 2.74. The van der Waals surface area contributed by atoms with Gasteiger partial charge >= 0.3 is 0 Å². The van der Waals surface area contributed by atoms with Crippen LogP contribution in [0.1, 0.15) is 16.7 Å². The lowest BCUT2D eigenvalue weighted by atomic mass is 9.77. The summed E-state index contributed by atoms with van der Waals surface area (Å²) in [5.74, 6) is -1.75. The molecular weight excluding hydrogens is 376 g/mol. The first-order chi connectivity index (χ1) is 14.0. The maximum Gasteiger partial charge on any atom is 0.260 e. The molecular formula is C23H19F2NO3. The number of carbonyl (C=O) groups excluding carboxylic acids is 1. The Balaban J connectivity index is 1.88. The predicted octanol–water partition coefficient (Wildman–Crippen LogP) is 3.76. The number of rotatable bonds is 4. The number of methoxy groups -OCH3 is 1. The number of hydrogen-bond acceptors (Lipinski definition) is 3. The minimum absolute atomic E-state index is 0.0353. The van der Waals surface area contributed by atoms with Crippen molar-refractivity contribution in [3.8, 4) is 0 Å². The second-order valence-electron chi connectivity index (χ2n) is 6.93. The highest BCUT2D eigenvalue weighted by Crippen LogP contribution is 2.44. The summed E-state index contributed by atoms with van der Waals surface area (Å²) in [5.41, 5.74) is -0.312. The van der Waals surface area contributed by atoms with Crippen LogP contribution in [0.15, 0.2) is 72.8 Å². The number of hydrogen-bond donors (Lipinski definition) is 1. The van der Waals surface area contributed by atoms with Gasteiger partial charge in [0, 0.05) is 18.2 Å². The van der Waals surface area contributed by atoms with E-state index in [9.17, 15) is 18.7 Å². The number of nitrogens with zero attached hydrogens (tertiary/aromatic N) is 1. The van der Waals surface area contributed by atoms with Crippen LogP contribution in [0.4, 0.5) is 14.5 Å². The number of halogens is 2. The third-order valence-electron chi connectivity index (χ3n) is 5.26. The van der Waals surface area contributed by atoms with E-state index >= 15 is 0 Å². The lowest BCUT2D eigenvalue weighted by Gasteiger charge is -2.44. The van der Waals surface area contributed by atoms with E-state index in [2.05, 4.69) is 0 Å². The molecule has 0 saturated carbocycles. The largest absolute Gasteiger partial charge is 0.377 e. The average molecular weight is 395 g/mol. The first-order valence-electron chi connectivity index (χ1n) is 9.12. The topological polar surface area (TPSA) is 49.8 Å². The number of carbonyl (C=O) groups is 1. The number of para-hydroxylation sites is 1. The quantitative estimate of drug-likeness (QED) is 0.732. The summed E-state index contributed by atoms with van der Waals surface area (Å²) in [5, 5.41) is 11.7. The van der Waals surface area contributed by atoms with Gasteiger partial charge in [-0.2, -0.15) is 0 Å². The van der Waals surface area contributed by atoms with Gasteiger partial charge in [0.05, 0.1) is 12.2 Å². The summed E-state index contributed by atoms with van der Waals surface area (Å²) < 4.78 is 33.3. The normalized spacial score (nSPS) is 21.2. The van der Waals surface area contributed by atoms with Crippen molar-refractivity contribution in [2.24, 2.45) is 0 Å². The van der Waals surface area contributed by atoms with Gasteiger partial charge in [-0.05, 0) is 29.8 Å². The molecule has 4 rings (SSSR count). The molecule has 3 aromatic carbocycles. The molecule has 0 aliphatic carbocycles. The molecule has 29 heavy (non-hydrogen) atoms. The van der Waals surface area contributed by atoms with Crippen molar-refractivity contribution in [1.29, 1.82) is 0 Å². The van der Waals surface area contributed by atoms with Crippen molar-refractivity contribution < 1.29 is 23.4 Å². The molecule has 6 heteroatoms. The lowest BCUT2D eigenvalue weighted by molar-refractivity contribution is -0.145. The van der Waals surface area contributed by atoms with E-state index in [0.29, 0.717) is 16.8 Å². The number of aliphatic hydroxyl groups is 1. The monoisotopic (exact) mass is 395 g/mol. The minimum Gasteiger partial charge on any atom is -0.377 e. The highest BCUT2D eigenvalue weighted by atomic mass is 19.1. The summed E-state index contributed by atoms with van der Waals surface area (Å²) in [6.45, 7) is -0.190. The van der Waals surface area contributed by atoms with E-state index in [-0.39, 0.29) is 12.1 Å². The highest BCUT2D eigenvalue weighted by Gasteiger charge is 2.52. The molecule has 0 bridgehead atoms. The maximum atomic E-state index is 14.2. The Kier molecular flexibility index (Phi) is 4.90. The zero-order chi connectivity index (χ0) is 20.6. The number of anilines is 1. The van der Waals surface area contributed by atoms with Crippen LogP contribution in [0.2, 0.25) is 0 Å². The van der Waals surface area contributed by atoms with Gasteiger partial charge in [0.2, 0.25) is 0 Å². The minimum atomic E-state index is -1.72. The Morgan fingerprint density at radius 2 is 1.72 bits per heavy atom. The zero-order valence-corrected chi connectivity index (χ0v) is 15.7. The molecule has 2 unspecified atom stereocenters. The molecule has 1 heterocycles. The van der Waals surface area contributed by atoms with E-state index in [0.717, 1.165) is 18.2 Å². The Bertz CT molecular complexity index is 1060. The van der Waals surface area contributed by atoms with Crippen molar-refractivity contribution in [2.45, 2.75) is 18.2 Å². The van der Waals surface area contributed by atoms with Crippen LogP contribution in [0.25, 0.3) is 0 Å². The first kappa shape index (κ1) is 19.2. The van der Waals surface area contributed by atoms with Crippen molar-refractivity contribution in [3.63, 3.8) is 0 Å². The summed E-state index contributed by atoms with van der Waals surface area (Å²) in [4.78, 5) is 14.7. The Morgan fingerprint density at radius 3 is 2.45 bits per heavy atom. The van der Waals surface area contributed by atoms with E-state index < -0.39 is 29.2 Å². The third-order valence-corrected chi connectivity index (χ3v) is 5.26. The second-order valence-corrected chi connectivity index (χ2v) is 6.93. The van der Waals surface area contributed by atoms with E-state index in [4.69, 9.17) is 4.74 Å². The SMILES string of the molecule is COC1C(=O)N(Cc2cc(F)ccc2F)c2ccccc2C1(O)c1ccccc1. The van der Waals surface area contributed by atoms with Crippen molar-refractivity contribution in [2.75, 3.05) is 12.0 Å². The van der Waals surface area contributed by atoms with Gasteiger partial charge < -0.3 is 14.7 Å². The van der Waals surface area contributed by atoms with Crippen LogP contribution in [-0.2, 0) is 21.7 Å². The van der Waals surface area contributed by atoms with Crippen LogP contribution in [0.3, 0.4) is 0 Å². The molecule has 148 valence electrons. The molecule has 0 fully saturated rings. The Labute approximate surface area is 167 Å². The fraction of sp³-hybridized carbons (Fsp3) is 0.174. The third kappa shape index (κ3) is 3.10. The molecule has 2 atom stereocenters. The number of fused-ring (bicyclic) bond motifs is 1. The van der Waals surface area contributed by atoms with E-state index in [1.54, 1.807) is 48.5 Å². The molecule has 0 radical (unpaired) electrons. The van der Waals surface area contributed by atoms with Crippen LogP contribution in [0.5, 0.6) is 0 Å². The lowest BCUT2D eigenvalue weighted by Crippen LogP contribution is -2.57. The number of amides is 1. The number of ether oxygens (including phenoxy) is 1. The van der Waals surface area contributed by atoms with Gasteiger partial charge in [-0.15, -0.1) is 0 Å². The predicted molar refractivity (Wildman–Crippen MR) is 104 cm³/mol. The molecule has 1 aliphatic heterocycles. The molecule has 1 amide bonds. The molecule has 0 saturated heterocycles. The molecule has 1 aliphatic rings. The fourth-order valence-corrected chi connectivity index (χ4v) is 3.88. The standard InChI is InChI=1S/C23H19F2NO3/c1-29-21-22(27)26(14-15-13-17(24)11-12-19(15)25)20-10-6-5-9-18(20)23(21,28)16-7-3-2-4-8-16/h2-13,21,28H,14H2,1H3. The smallest absolute Gasteiger partial charge is 0.260 e. The molecule has 0 spiro atoms. The van der Waals surface area contributed by atoms with Crippen molar-refractivity contribution in [3.05, 3.63) is 101 Å². The van der Waals surface area contributed by atoms with E-state index in [1.165, 1.54) is 12.0 Å². The summed E-state index contributed by atoms with van der Waals surface area (Å²) >= 11 is 0. The molecule has 4 nitrogen and oxygen atoms in total. The van der Waals surface area contributed by atoms with Crippen molar-refractivity contribution >= 4 is 11.6 Å². The van der Waals surface area contributed by atoms with Gasteiger partial charge in [-0.1, -0.05) is 48.5 Å². The van der Waals surface area contributed by atoms with E-state index in [1.807, 2.05) is 6.07 Å². The van der Waals surface area contributed by atoms with Gasteiger partial charge in [-0.3, -0.25) is 4.79 Å². The van der Waals surface area contributed by atoms with Gasteiger partial charge in [0.25, 0.3) is 5.91 Å². The maximum absolute atomic E-state index is 14.2. The molecule has 3 aromatic rings. The summed E-state index contributed by atoms with van der Waals surface area (Å²) in [7, 11) is 1.34. The zero-order valence-electron chi connectivity index (χ0n) is 15.7. The summed E-state index contributed by atoms with van der Waals surface area (Å²) in [6, 6.07) is 18.7. The van der Waals surface area contributed by atoms with Gasteiger partial charge in [-0.25, -0.2) is 8.78 Å². The molecule has 1 N–H and O–H groups in total. The summed E-state index contributed by atoms with van der Waals surface area (Å²) in [6.07, 6.45) is -1.25. The van der Waals surface area contributed by atoms with Crippen LogP contribution >= 0.6 is 0 Å². The van der Waals surface area contributed by atoms with Gasteiger partial charge in [0.1, 0.15) is 11.6 Å². The van der Waals surface area contributed by atoms with Crippen LogP contribution in [0, 0.1) is 11.6 Å². The Hall–Kier alpha value is -3.09. The first-order valence-corrected chi connectivity index (χ1v) is 9.12. The second kappa shape index (κ2) is 7.39. The molecule has 0 aromatic heterocycles. The Morgan fingerprint density at radius 1 is 1.03 bits per heavy atom. The highest BCUT2D eigenvalue weighted by molar-refractivity contribution is 6.01. The van der Waals surface area contributed by atoms with Crippen LogP contribution < -0.4 is 4.90 Å². The van der Waals surface area contributed by atoms with Crippen molar-refractivity contribution in [1.82, 2.24) is 0 Å². The van der Waals surface area contributed by atoms with Crippen LogP contribution in [-0.4, -0.2) is 24.2 Å².